The average molecular weight is 239 g/mol. The van der Waals surface area contributed by atoms with Gasteiger partial charge in [0.1, 0.15) is 5.56 Å². The van der Waals surface area contributed by atoms with Crippen molar-refractivity contribution in [3.63, 3.8) is 0 Å². The van der Waals surface area contributed by atoms with Crippen LogP contribution in [0, 0.1) is 13.8 Å². The van der Waals surface area contributed by atoms with Crippen LogP contribution in [0.15, 0.2) is 4.79 Å². The molecule has 0 bridgehead atoms. The Balaban J connectivity index is 3.22. The lowest BCUT2D eigenvalue weighted by Crippen LogP contribution is -2.40. The van der Waals surface area contributed by atoms with Crippen molar-refractivity contribution < 1.29 is 9.90 Å². The lowest BCUT2D eigenvalue weighted by molar-refractivity contribution is 0.0919. The minimum Gasteiger partial charge on any atom is -0.394 e. The van der Waals surface area contributed by atoms with Gasteiger partial charge in [0.25, 0.3) is 11.5 Å². The molecule has 17 heavy (non-hydrogen) atoms. The Morgan fingerprint density at radius 1 is 1.53 bits per heavy atom. The van der Waals surface area contributed by atoms with Gasteiger partial charge in [0, 0.05) is 13.1 Å². The molecule has 1 atom stereocenters. The molecule has 0 fully saturated rings. The third kappa shape index (κ3) is 2.71. The fourth-order valence-corrected chi connectivity index (χ4v) is 1.46. The Morgan fingerprint density at radius 3 is 2.65 bits per heavy atom. The molecule has 0 aliphatic carbocycles. The zero-order chi connectivity index (χ0) is 13.2. The van der Waals surface area contributed by atoms with Crippen LogP contribution in [-0.2, 0) is 7.05 Å². The average Bonchev–Trinajstić information content (AvgIpc) is 2.26. The van der Waals surface area contributed by atoms with Crippen molar-refractivity contribution in [2.45, 2.75) is 26.8 Å². The topological polar surface area (TPSA) is 84.2 Å². The molecule has 1 unspecified atom stereocenters. The van der Waals surface area contributed by atoms with Crippen molar-refractivity contribution >= 4 is 5.91 Å². The van der Waals surface area contributed by atoms with Crippen molar-refractivity contribution in [1.82, 2.24) is 15.1 Å². The first-order chi connectivity index (χ1) is 7.88. The number of hydrogen-bond donors (Lipinski definition) is 2. The molecule has 1 rings (SSSR count). The molecule has 94 valence electrons. The number of rotatable bonds is 3. The van der Waals surface area contributed by atoms with Crippen molar-refractivity contribution in [2.75, 3.05) is 6.61 Å². The van der Waals surface area contributed by atoms with Gasteiger partial charge in [0.05, 0.1) is 12.3 Å². The van der Waals surface area contributed by atoms with Gasteiger partial charge in [0.15, 0.2) is 0 Å². The summed E-state index contributed by atoms with van der Waals surface area (Å²) in [5, 5.41) is 15.4. The van der Waals surface area contributed by atoms with Crippen LogP contribution in [0.4, 0.5) is 0 Å². The summed E-state index contributed by atoms with van der Waals surface area (Å²) in [6, 6.07) is -0.389. The first-order valence-electron chi connectivity index (χ1n) is 5.34. The van der Waals surface area contributed by atoms with Crippen molar-refractivity contribution in [2.24, 2.45) is 7.05 Å². The Hall–Kier alpha value is -1.69. The van der Waals surface area contributed by atoms with Crippen molar-refractivity contribution in [3.8, 4) is 0 Å². The van der Waals surface area contributed by atoms with Gasteiger partial charge >= 0.3 is 0 Å². The normalized spacial score (nSPS) is 12.3. The van der Waals surface area contributed by atoms with Crippen LogP contribution >= 0.6 is 0 Å². The summed E-state index contributed by atoms with van der Waals surface area (Å²) in [4.78, 5) is 23.7. The number of aliphatic hydroxyl groups excluding tert-OH is 1. The van der Waals surface area contributed by atoms with Crippen LogP contribution in [-0.4, -0.2) is 33.4 Å². The number of carbonyl (C=O) groups excluding carboxylic acids is 1. The summed E-state index contributed by atoms with van der Waals surface area (Å²) >= 11 is 0. The van der Waals surface area contributed by atoms with E-state index in [0.717, 1.165) is 4.68 Å². The molecular weight excluding hydrogens is 222 g/mol. The molecule has 0 radical (unpaired) electrons. The number of nitrogens with zero attached hydrogens (tertiary/aromatic N) is 2. The fourth-order valence-electron chi connectivity index (χ4n) is 1.46. The van der Waals surface area contributed by atoms with Gasteiger partial charge in [-0.3, -0.25) is 9.59 Å². The zero-order valence-electron chi connectivity index (χ0n) is 10.4. The highest BCUT2D eigenvalue weighted by molar-refractivity contribution is 5.95. The standard InChI is InChI=1S/C11H17N3O3/c1-6(5-15)12-10(16)9-7(2)8(3)13-14(4)11(9)17/h6,15H,5H2,1-4H3,(H,12,16). The van der Waals surface area contributed by atoms with Crippen LogP contribution in [0.3, 0.4) is 0 Å². The number of aliphatic hydroxyl groups is 1. The Morgan fingerprint density at radius 2 is 2.12 bits per heavy atom. The molecule has 6 heteroatoms. The highest BCUT2D eigenvalue weighted by atomic mass is 16.3. The summed E-state index contributed by atoms with van der Waals surface area (Å²) in [7, 11) is 1.50. The number of nitrogens with one attached hydrogen (secondary N) is 1. The molecule has 1 aromatic heterocycles. The minimum atomic E-state index is -0.477. The van der Waals surface area contributed by atoms with Gasteiger partial charge in [0.2, 0.25) is 0 Å². The Kier molecular flexibility index (Phi) is 4.01. The SMILES string of the molecule is Cc1nn(C)c(=O)c(C(=O)NC(C)CO)c1C. The molecule has 0 aliphatic heterocycles. The number of hydrogen-bond acceptors (Lipinski definition) is 4. The van der Waals surface area contributed by atoms with Gasteiger partial charge in [-0.15, -0.1) is 0 Å². The third-order valence-electron chi connectivity index (χ3n) is 2.60. The lowest BCUT2D eigenvalue weighted by Gasteiger charge is -2.13. The Bertz CT molecular complexity index is 493. The quantitative estimate of drug-likeness (QED) is 0.745. The van der Waals surface area contributed by atoms with Gasteiger partial charge in [-0.2, -0.15) is 5.10 Å². The summed E-state index contributed by atoms with van der Waals surface area (Å²) < 4.78 is 1.14. The van der Waals surface area contributed by atoms with Crippen LogP contribution in [0.2, 0.25) is 0 Å². The largest absolute Gasteiger partial charge is 0.394 e. The molecule has 0 aromatic carbocycles. The van der Waals surface area contributed by atoms with E-state index in [0.29, 0.717) is 11.3 Å². The second-order valence-electron chi connectivity index (χ2n) is 4.07. The van der Waals surface area contributed by atoms with E-state index in [-0.39, 0.29) is 18.2 Å². The molecule has 6 nitrogen and oxygen atoms in total. The van der Waals surface area contributed by atoms with Gasteiger partial charge in [-0.25, -0.2) is 4.68 Å². The van der Waals surface area contributed by atoms with Gasteiger partial charge in [-0.05, 0) is 26.3 Å². The first kappa shape index (κ1) is 13.4. The zero-order valence-corrected chi connectivity index (χ0v) is 10.4. The second-order valence-corrected chi connectivity index (χ2v) is 4.07. The maximum atomic E-state index is 11.9. The smallest absolute Gasteiger partial charge is 0.279 e. The molecule has 0 saturated carbocycles. The molecular formula is C11H17N3O3. The monoisotopic (exact) mass is 239 g/mol. The van der Waals surface area contributed by atoms with E-state index >= 15 is 0 Å². The number of aryl methyl sites for hydroxylation is 2. The van der Waals surface area contributed by atoms with E-state index in [9.17, 15) is 9.59 Å². The minimum absolute atomic E-state index is 0.0836. The van der Waals surface area contributed by atoms with E-state index in [2.05, 4.69) is 10.4 Å². The van der Waals surface area contributed by atoms with E-state index in [4.69, 9.17) is 5.11 Å². The van der Waals surface area contributed by atoms with Crippen LogP contribution in [0.5, 0.6) is 0 Å². The maximum Gasteiger partial charge on any atom is 0.279 e. The van der Waals surface area contributed by atoms with Gasteiger partial charge in [-0.1, -0.05) is 0 Å². The third-order valence-corrected chi connectivity index (χ3v) is 2.60. The lowest BCUT2D eigenvalue weighted by atomic mass is 10.1. The molecule has 1 aromatic rings. The summed E-state index contributed by atoms with van der Waals surface area (Å²) in [5.74, 6) is -0.477. The van der Waals surface area contributed by atoms with Gasteiger partial charge < -0.3 is 10.4 Å². The van der Waals surface area contributed by atoms with E-state index in [1.807, 2.05) is 0 Å². The number of carbonyl (C=O) groups is 1. The fraction of sp³-hybridized carbons (Fsp3) is 0.545. The maximum absolute atomic E-state index is 11.9. The highest BCUT2D eigenvalue weighted by Crippen LogP contribution is 2.05. The molecule has 0 aliphatic rings. The predicted octanol–water partition coefficient (Wildman–Crippen LogP) is -0.492. The summed E-state index contributed by atoms with van der Waals surface area (Å²) in [6.07, 6.45) is 0. The molecule has 1 amide bonds. The van der Waals surface area contributed by atoms with Crippen LogP contribution in [0.25, 0.3) is 0 Å². The van der Waals surface area contributed by atoms with Crippen LogP contribution < -0.4 is 10.9 Å². The number of aromatic nitrogens is 2. The second kappa shape index (κ2) is 5.09. The number of amides is 1. The molecule has 0 spiro atoms. The highest BCUT2D eigenvalue weighted by Gasteiger charge is 2.18. The molecule has 1 heterocycles. The van der Waals surface area contributed by atoms with E-state index in [1.165, 1.54) is 7.05 Å². The first-order valence-corrected chi connectivity index (χ1v) is 5.34. The van der Waals surface area contributed by atoms with Crippen molar-refractivity contribution in [3.05, 3.63) is 27.2 Å². The molecule has 0 saturated heterocycles. The summed E-state index contributed by atoms with van der Waals surface area (Å²) in [5.41, 5.74) is 0.848. The van der Waals surface area contributed by atoms with E-state index < -0.39 is 11.5 Å². The Labute approximate surface area is 99.3 Å². The van der Waals surface area contributed by atoms with Crippen LogP contribution in [0.1, 0.15) is 28.5 Å². The summed E-state index contributed by atoms with van der Waals surface area (Å²) in [6.45, 7) is 4.91. The van der Waals surface area contributed by atoms with Crippen molar-refractivity contribution in [1.29, 1.82) is 0 Å². The molecule has 2 N–H and O–H groups in total. The predicted molar refractivity (Wildman–Crippen MR) is 63.0 cm³/mol. The van der Waals surface area contributed by atoms with E-state index in [1.54, 1.807) is 20.8 Å².